The van der Waals surface area contributed by atoms with Gasteiger partial charge in [0.25, 0.3) is 0 Å². The topological polar surface area (TPSA) is 41.6 Å². The number of para-hydroxylation sites is 1. The first-order valence-electron chi connectivity index (χ1n) is 28.6. The Hall–Kier alpha value is -10.3. The largest absolute Gasteiger partial charge is 0.309 e. The highest BCUT2D eigenvalue weighted by atomic mass is 32.1. The molecule has 396 valence electrons. The molecule has 3 nitrogen and oxygen atoms in total. The molecule has 17 aromatic rings. The predicted molar refractivity (Wildman–Crippen MR) is 365 cm³/mol. The molecule has 0 saturated carbocycles. The lowest BCUT2D eigenvalue weighted by Crippen LogP contribution is -2.03. The van der Waals surface area contributed by atoms with Crippen molar-refractivity contribution in [3.05, 3.63) is 278 Å². The first-order valence-corrected chi connectivity index (χ1v) is 31.1. The standard InChI is InChI=1S/C79H47N3S3/c1-47-28-36-68-60(40-47)56-20-8-12-24-67(56)82(68)55-34-29-50(30-35-55)75-64(46-80)76(51-31-37-72-61(41-51)57-21-9-13-25-69(57)83-72)79(54-44-65(48-16-4-2-5-17-48)81-66(45-54)49-18-6-3-7-19-49)78(53-33-39-74-63(43-53)59-23-11-15-27-71(59)85-74)77(75)52-32-38-73-62(42-52)58-22-10-14-26-70(58)84-73/h2-45H,1H3. The highest BCUT2D eigenvalue weighted by molar-refractivity contribution is 7.26. The lowest BCUT2D eigenvalue weighted by Gasteiger charge is -2.27. The molecule has 0 saturated heterocycles. The zero-order valence-electron chi connectivity index (χ0n) is 46.0. The summed E-state index contributed by atoms with van der Waals surface area (Å²) in [5, 5.41) is 22.3. The summed E-state index contributed by atoms with van der Waals surface area (Å²) < 4.78 is 9.74. The minimum atomic E-state index is 0.601. The molecule has 85 heavy (non-hydrogen) atoms. The van der Waals surface area contributed by atoms with Gasteiger partial charge in [0, 0.05) is 99.2 Å². The fraction of sp³-hybridized carbons (Fsp3) is 0.0127. The van der Waals surface area contributed by atoms with E-state index in [9.17, 15) is 5.26 Å². The van der Waals surface area contributed by atoms with Crippen LogP contribution in [0.1, 0.15) is 11.1 Å². The molecule has 5 aromatic heterocycles. The van der Waals surface area contributed by atoms with E-state index in [4.69, 9.17) is 4.98 Å². The molecule has 6 heteroatoms. The molecule has 0 fully saturated rings. The van der Waals surface area contributed by atoms with Gasteiger partial charge in [0.2, 0.25) is 0 Å². The van der Waals surface area contributed by atoms with Crippen LogP contribution in [0.5, 0.6) is 0 Å². The predicted octanol–water partition coefficient (Wildman–Crippen LogP) is 23.1. The molecule has 0 bridgehead atoms. The summed E-state index contributed by atoms with van der Waals surface area (Å²) in [4.78, 5) is 5.49. The molecule has 0 radical (unpaired) electrons. The Bertz CT molecular complexity index is 5560. The number of hydrogen-bond acceptors (Lipinski definition) is 5. The lowest BCUT2D eigenvalue weighted by molar-refractivity contribution is 1.18. The van der Waals surface area contributed by atoms with Gasteiger partial charge >= 0.3 is 0 Å². The Kier molecular flexibility index (Phi) is 11.4. The SMILES string of the molecule is Cc1ccc2c(c1)c1ccccc1n2-c1ccc(-c2c(C#N)c(-c3ccc4sc5ccccc5c4c3)c(-c3cc(-c4ccccc4)nc(-c4ccccc4)c3)c(-c3ccc4sc5ccccc5c4c3)c2-c2ccc3sc4ccccc4c3c2)cc1. The normalized spacial score (nSPS) is 11.8. The number of fused-ring (bicyclic) bond motifs is 12. The zero-order chi connectivity index (χ0) is 56.3. The van der Waals surface area contributed by atoms with Gasteiger partial charge in [0.1, 0.15) is 6.07 Å². The maximum Gasteiger partial charge on any atom is 0.100 e. The van der Waals surface area contributed by atoms with Crippen molar-refractivity contribution in [1.82, 2.24) is 9.55 Å². The fourth-order valence-corrected chi connectivity index (χ4v) is 16.5. The number of nitrogens with zero attached hydrogens (tertiary/aromatic N) is 3. The van der Waals surface area contributed by atoms with Crippen molar-refractivity contribution in [3.8, 4) is 89.9 Å². The fourth-order valence-electron chi connectivity index (χ4n) is 13.3. The zero-order valence-corrected chi connectivity index (χ0v) is 48.4. The van der Waals surface area contributed by atoms with E-state index in [0.717, 1.165) is 100 Å². The average Bonchev–Trinajstić information content (AvgIpc) is 2.18. The third kappa shape index (κ3) is 8.00. The van der Waals surface area contributed by atoms with Crippen LogP contribution in [0.4, 0.5) is 0 Å². The summed E-state index contributed by atoms with van der Waals surface area (Å²) >= 11 is 5.46. The smallest absolute Gasteiger partial charge is 0.100 e. The van der Waals surface area contributed by atoms with Crippen LogP contribution in [0.2, 0.25) is 0 Å². The molecule has 0 amide bonds. The van der Waals surface area contributed by atoms with Crippen LogP contribution in [0.15, 0.2) is 267 Å². The number of hydrogen-bond donors (Lipinski definition) is 0. The van der Waals surface area contributed by atoms with Crippen molar-refractivity contribution in [3.63, 3.8) is 0 Å². The lowest BCUT2D eigenvalue weighted by atomic mass is 9.75. The van der Waals surface area contributed by atoms with E-state index in [1.54, 1.807) is 0 Å². The van der Waals surface area contributed by atoms with E-state index in [2.05, 4.69) is 284 Å². The summed E-state index contributed by atoms with van der Waals surface area (Å²) in [5.41, 5.74) is 18.6. The molecule has 0 spiro atoms. The second-order valence-electron chi connectivity index (χ2n) is 22.1. The summed E-state index contributed by atoms with van der Waals surface area (Å²) in [6, 6.07) is 100. The average molecular weight is 1130 g/mol. The van der Waals surface area contributed by atoms with Gasteiger partial charge in [-0.2, -0.15) is 5.26 Å². The Morgan fingerprint density at radius 2 is 0.706 bits per heavy atom. The van der Waals surface area contributed by atoms with Crippen molar-refractivity contribution in [1.29, 1.82) is 5.26 Å². The molecule has 5 heterocycles. The van der Waals surface area contributed by atoms with Crippen molar-refractivity contribution >= 4 is 116 Å². The van der Waals surface area contributed by atoms with Crippen molar-refractivity contribution in [2.24, 2.45) is 0 Å². The monoisotopic (exact) mass is 1130 g/mol. The van der Waals surface area contributed by atoms with Gasteiger partial charge in [-0.3, -0.25) is 0 Å². The minimum Gasteiger partial charge on any atom is -0.309 e. The van der Waals surface area contributed by atoms with Crippen molar-refractivity contribution < 1.29 is 0 Å². The summed E-state index contributed by atoms with van der Waals surface area (Å²) in [7, 11) is 0. The van der Waals surface area contributed by atoms with Gasteiger partial charge in [-0.15, -0.1) is 34.0 Å². The van der Waals surface area contributed by atoms with Crippen LogP contribution in [0, 0.1) is 18.3 Å². The first kappa shape index (κ1) is 49.4. The molecule has 0 N–H and O–H groups in total. The number of rotatable bonds is 8. The number of aromatic nitrogens is 2. The van der Waals surface area contributed by atoms with E-state index in [0.29, 0.717) is 5.56 Å². The highest BCUT2D eigenvalue weighted by Crippen LogP contribution is 2.55. The minimum absolute atomic E-state index is 0.601. The van der Waals surface area contributed by atoms with Gasteiger partial charge < -0.3 is 4.57 Å². The molecule has 0 aliphatic rings. The van der Waals surface area contributed by atoms with E-state index in [1.165, 1.54) is 71.5 Å². The van der Waals surface area contributed by atoms with E-state index >= 15 is 0 Å². The number of thiophene rings is 3. The maximum atomic E-state index is 12.7. The number of benzene rings is 12. The van der Waals surface area contributed by atoms with Crippen LogP contribution < -0.4 is 0 Å². The molecule has 0 aliphatic heterocycles. The van der Waals surface area contributed by atoms with Crippen LogP contribution in [-0.2, 0) is 0 Å². The van der Waals surface area contributed by atoms with Gasteiger partial charge in [-0.1, -0.05) is 175 Å². The number of pyridine rings is 1. The molecule has 12 aromatic carbocycles. The van der Waals surface area contributed by atoms with Crippen LogP contribution >= 0.6 is 34.0 Å². The molecule has 17 rings (SSSR count). The second kappa shape index (κ2) is 19.7. The van der Waals surface area contributed by atoms with E-state index in [1.807, 2.05) is 34.0 Å². The summed E-state index contributed by atoms with van der Waals surface area (Å²) in [6.45, 7) is 2.16. The molecular weight excluding hydrogens is 1090 g/mol. The first-order chi connectivity index (χ1) is 42.0. The molecular formula is C79H47N3S3. The molecule has 0 atom stereocenters. The van der Waals surface area contributed by atoms with Gasteiger partial charge in [0.05, 0.1) is 28.0 Å². The Balaban J connectivity index is 1.07. The van der Waals surface area contributed by atoms with Gasteiger partial charge in [-0.05, 0) is 148 Å². The van der Waals surface area contributed by atoms with Crippen LogP contribution in [-0.4, -0.2) is 9.55 Å². The highest BCUT2D eigenvalue weighted by Gasteiger charge is 2.31. The van der Waals surface area contributed by atoms with Crippen molar-refractivity contribution in [2.45, 2.75) is 6.92 Å². The van der Waals surface area contributed by atoms with E-state index in [-0.39, 0.29) is 0 Å². The third-order valence-electron chi connectivity index (χ3n) is 17.1. The molecule has 0 aliphatic carbocycles. The quantitative estimate of drug-likeness (QED) is 0.152. The Morgan fingerprint density at radius 3 is 1.22 bits per heavy atom. The second-order valence-corrected chi connectivity index (χ2v) is 25.3. The Labute approximate surface area is 502 Å². The van der Waals surface area contributed by atoms with Crippen LogP contribution in [0.3, 0.4) is 0 Å². The third-order valence-corrected chi connectivity index (χ3v) is 20.6. The van der Waals surface area contributed by atoms with E-state index < -0.39 is 0 Å². The van der Waals surface area contributed by atoms with Gasteiger partial charge in [0.15, 0.2) is 0 Å². The summed E-state index contributed by atoms with van der Waals surface area (Å²) in [5.74, 6) is 0. The van der Waals surface area contributed by atoms with Gasteiger partial charge in [-0.25, -0.2) is 4.98 Å². The summed E-state index contributed by atoms with van der Waals surface area (Å²) in [6.07, 6.45) is 0. The Morgan fingerprint density at radius 1 is 0.306 bits per heavy atom. The van der Waals surface area contributed by atoms with Crippen LogP contribution in [0.25, 0.3) is 166 Å². The van der Waals surface area contributed by atoms with Crippen molar-refractivity contribution in [2.75, 3.05) is 0 Å². The number of aryl methyl sites for hydroxylation is 1. The number of nitriles is 1. The maximum absolute atomic E-state index is 12.7. The molecule has 0 unspecified atom stereocenters.